The number of benzene rings is 1. The van der Waals surface area contributed by atoms with Crippen molar-refractivity contribution in [2.75, 3.05) is 19.6 Å². The molecular formula is C17H26N2O3. The van der Waals surface area contributed by atoms with Crippen LogP contribution < -0.4 is 5.32 Å². The molecule has 5 heteroatoms. The van der Waals surface area contributed by atoms with E-state index in [1.54, 1.807) is 6.07 Å². The Balaban J connectivity index is 1.71. The summed E-state index contributed by atoms with van der Waals surface area (Å²) in [5.74, 6) is -0.213. The minimum atomic E-state index is -0.138. The summed E-state index contributed by atoms with van der Waals surface area (Å²) in [5, 5.41) is 21.8. The Kier molecular flexibility index (Phi) is 6.07. The fourth-order valence-corrected chi connectivity index (χ4v) is 2.90. The van der Waals surface area contributed by atoms with E-state index in [0.29, 0.717) is 12.8 Å². The van der Waals surface area contributed by atoms with Gasteiger partial charge >= 0.3 is 0 Å². The lowest BCUT2D eigenvalue weighted by atomic mass is 10.0. The van der Waals surface area contributed by atoms with Crippen LogP contribution in [0.3, 0.4) is 0 Å². The van der Waals surface area contributed by atoms with Crippen LogP contribution in [0.25, 0.3) is 0 Å². The Bertz CT molecular complexity index is 497. The van der Waals surface area contributed by atoms with Crippen LogP contribution in [0.15, 0.2) is 18.2 Å². The highest BCUT2D eigenvalue weighted by Crippen LogP contribution is 2.25. The van der Waals surface area contributed by atoms with E-state index in [0.717, 1.165) is 38.0 Å². The van der Waals surface area contributed by atoms with Crippen LogP contribution in [0.5, 0.6) is 11.5 Å². The van der Waals surface area contributed by atoms with Gasteiger partial charge in [-0.15, -0.1) is 0 Å². The van der Waals surface area contributed by atoms with E-state index in [2.05, 4.69) is 17.1 Å². The number of carbonyl (C=O) groups excluding carboxylic acids is 1. The van der Waals surface area contributed by atoms with E-state index in [4.69, 9.17) is 0 Å². The molecule has 1 aliphatic heterocycles. The van der Waals surface area contributed by atoms with E-state index >= 15 is 0 Å². The highest BCUT2D eigenvalue weighted by atomic mass is 16.3. The minimum absolute atomic E-state index is 0.0570. The standard InChI is InChI=1S/C17H26N2O3/c1-2-9-19-10-7-14(8-11-19)18-17(22)6-4-13-3-5-15(20)16(21)12-13/h3,5,12,14,20-21H,2,4,6-11H2,1H3,(H,18,22). The maximum absolute atomic E-state index is 12.0. The molecule has 0 spiro atoms. The van der Waals surface area contributed by atoms with Gasteiger partial charge in [0, 0.05) is 25.6 Å². The number of nitrogens with zero attached hydrogens (tertiary/aromatic N) is 1. The molecule has 1 fully saturated rings. The summed E-state index contributed by atoms with van der Waals surface area (Å²) in [6.45, 7) is 5.45. The predicted molar refractivity (Wildman–Crippen MR) is 86.0 cm³/mol. The SMILES string of the molecule is CCCN1CCC(NC(=O)CCc2ccc(O)c(O)c2)CC1. The Morgan fingerprint density at radius 3 is 2.64 bits per heavy atom. The van der Waals surface area contributed by atoms with Gasteiger partial charge in [-0.1, -0.05) is 13.0 Å². The first kappa shape index (κ1) is 16.6. The first-order chi connectivity index (χ1) is 10.6. The van der Waals surface area contributed by atoms with E-state index in [-0.39, 0.29) is 23.4 Å². The maximum Gasteiger partial charge on any atom is 0.220 e. The van der Waals surface area contributed by atoms with Gasteiger partial charge in [0.05, 0.1) is 0 Å². The van der Waals surface area contributed by atoms with Gasteiger partial charge < -0.3 is 20.4 Å². The molecule has 1 aromatic rings. The third-order valence-electron chi connectivity index (χ3n) is 4.17. The summed E-state index contributed by atoms with van der Waals surface area (Å²) in [6.07, 6.45) is 4.18. The molecule has 2 rings (SSSR count). The van der Waals surface area contributed by atoms with Gasteiger partial charge in [-0.2, -0.15) is 0 Å². The third-order valence-corrected chi connectivity index (χ3v) is 4.17. The predicted octanol–water partition coefficient (Wildman–Crippen LogP) is 2.02. The molecule has 0 aromatic heterocycles. The third kappa shape index (κ3) is 4.91. The van der Waals surface area contributed by atoms with Crippen molar-refractivity contribution in [3.05, 3.63) is 23.8 Å². The van der Waals surface area contributed by atoms with Gasteiger partial charge in [-0.25, -0.2) is 0 Å². The molecule has 122 valence electrons. The molecule has 0 aliphatic carbocycles. The van der Waals surface area contributed by atoms with E-state index in [1.807, 2.05) is 0 Å². The van der Waals surface area contributed by atoms with E-state index in [9.17, 15) is 15.0 Å². The molecule has 1 heterocycles. The topological polar surface area (TPSA) is 72.8 Å². The monoisotopic (exact) mass is 306 g/mol. The van der Waals surface area contributed by atoms with Gasteiger partial charge in [0.15, 0.2) is 11.5 Å². The largest absolute Gasteiger partial charge is 0.504 e. The van der Waals surface area contributed by atoms with Crippen LogP contribution in [-0.4, -0.2) is 46.7 Å². The van der Waals surface area contributed by atoms with E-state index < -0.39 is 0 Å². The highest BCUT2D eigenvalue weighted by molar-refractivity contribution is 5.76. The Hall–Kier alpha value is -1.75. The quantitative estimate of drug-likeness (QED) is 0.703. The number of phenolic OH excluding ortho intramolecular Hbond substituents is 2. The number of amides is 1. The summed E-state index contributed by atoms with van der Waals surface area (Å²) in [5.41, 5.74) is 0.850. The van der Waals surface area contributed by atoms with Crippen LogP contribution in [-0.2, 0) is 11.2 Å². The van der Waals surface area contributed by atoms with Crippen molar-refractivity contribution >= 4 is 5.91 Å². The molecule has 5 nitrogen and oxygen atoms in total. The second-order valence-corrected chi connectivity index (χ2v) is 6.01. The minimum Gasteiger partial charge on any atom is -0.504 e. The Morgan fingerprint density at radius 1 is 1.27 bits per heavy atom. The number of rotatable bonds is 6. The van der Waals surface area contributed by atoms with Crippen molar-refractivity contribution in [1.29, 1.82) is 0 Å². The van der Waals surface area contributed by atoms with Gasteiger partial charge in [0.25, 0.3) is 0 Å². The molecule has 1 aromatic carbocycles. The lowest BCUT2D eigenvalue weighted by Crippen LogP contribution is -2.44. The lowest BCUT2D eigenvalue weighted by molar-refractivity contribution is -0.122. The second kappa shape index (κ2) is 8.03. The Labute approximate surface area is 131 Å². The fraction of sp³-hybridized carbons (Fsp3) is 0.588. The molecule has 1 saturated heterocycles. The number of aromatic hydroxyl groups is 2. The fourth-order valence-electron chi connectivity index (χ4n) is 2.90. The van der Waals surface area contributed by atoms with Crippen molar-refractivity contribution in [3.63, 3.8) is 0 Å². The first-order valence-corrected chi connectivity index (χ1v) is 8.11. The van der Waals surface area contributed by atoms with Gasteiger partial charge in [0.2, 0.25) is 5.91 Å². The highest BCUT2D eigenvalue weighted by Gasteiger charge is 2.19. The average Bonchev–Trinajstić information content (AvgIpc) is 2.51. The first-order valence-electron chi connectivity index (χ1n) is 8.11. The zero-order valence-corrected chi connectivity index (χ0v) is 13.2. The molecular weight excluding hydrogens is 280 g/mol. The summed E-state index contributed by atoms with van der Waals surface area (Å²) < 4.78 is 0. The van der Waals surface area contributed by atoms with Crippen LogP contribution in [0, 0.1) is 0 Å². The Morgan fingerprint density at radius 2 is 2.00 bits per heavy atom. The molecule has 0 bridgehead atoms. The van der Waals surface area contributed by atoms with Gasteiger partial charge in [-0.3, -0.25) is 4.79 Å². The maximum atomic E-state index is 12.0. The van der Waals surface area contributed by atoms with Crippen LogP contribution in [0.4, 0.5) is 0 Å². The van der Waals surface area contributed by atoms with Crippen molar-refractivity contribution in [1.82, 2.24) is 10.2 Å². The molecule has 0 atom stereocenters. The zero-order chi connectivity index (χ0) is 15.9. The normalized spacial score (nSPS) is 16.6. The number of carbonyl (C=O) groups is 1. The molecule has 3 N–H and O–H groups in total. The second-order valence-electron chi connectivity index (χ2n) is 6.01. The van der Waals surface area contributed by atoms with E-state index in [1.165, 1.54) is 18.6 Å². The summed E-state index contributed by atoms with van der Waals surface area (Å²) in [7, 11) is 0. The lowest BCUT2D eigenvalue weighted by Gasteiger charge is -2.32. The van der Waals surface area contributed by atoms with Crippen molar-refractivity contribution in [3.8, 4) is 11.5 Å². The number of hydrogen-bond acceptors (Lipinski definition) is 4. The van der Waals surface area contributed by atoms with Crippen molar-refractivity contribution in [2.45, 2.75) is 45.1 Å². The summed E-state index contributed by atoms with van der Waals surface area (Å²) in [6, 6.07) is 4.97. The zero-order valence-electron chi connectivity index (χ0n) is 13.2. The van der Waals surface area contributed by atoms with Crippen molar-refractivity contribution < 1.29 is 15.0 Å². The number of likely N-dealkylation sites (tertiary alicyclic amines) is 1. The summed E-state index contributed by atoms with van der Waals surface area (Å²) in [4.78, 5) is 14.5. The van der Waals surface area contributed by atoms with Crippen LogP contribution in [0.1, 0.15) is 38.2 Å². The van der Waals surface area contributed by atoms with Gasteiger partial charge in [-0.05, 0) is 49.9 Å². The number of phenols is 2. The smallest absolute Gasteiger partial charge is 0.220 e. The molecule has 22 heavy (non-hydrogen) atoms. The molecule has 1 amide bonds. The number of piperidine rings is 1. The van der Waals surface area contributed by atoms with Gasteiger partial charge in [0.1, 0.15) is 0 Å². The molecule has 0 saturated carbocycles. The summed E-state index contributed by atoms with van der Waals surface area (Å²) >= 11 is 0. The molecule has 1 aliphatic rings. The number of nitrogens with one attached hydrogen (secondary N) is 1. The van der Waals surface area contributed by atoms with Crippen molar-refractivity contribution in [2.24, 2.45) is 0 Å². The van der Waals surface area contributed by atoms with Crippen LogP contribution in [0.2, 0.25) is 0 Å². The molecule has 0 unspecified atom stereocenters. The number of aryl methyl sites for hydroxylation is 1. The average molecular weight is 306 g/mol. The number of hydrogen-bond donors (Lipinski definition) is 3. The van der Waals surface area contributed by atoms with Crippen LogP contribution >= 0.6 is 0 Å². The molecule has 0 radical (unpaired) electrons.